The van der Waals surface area contributed by atoms with Crippen LogP contribution in [0.5, 0.6) is 0 Å². The van der Waals surface area contributed by atoms with Crippen LogP contribution in [0.2, 0.25) is 0 Å². The zero-order chi connectivity index (χ0) is 24.9. The molecule has 0 bridgehead atoms. The van der Waals surface area contributed by atoms with E-state index in [0.29, 0.717) is 29.8 Å². The van der Waals surface area contributed by atoms with E-state index < -0.39 is 6.04 Å². The molecular weight excluding hydrogens is 478 g/mol. The summed E-state index contributed by atoms with van der Waals surface area (Å²) in [5.41, 5.74) is 2.38. The molecule has 0 aromatic heterocycles. The van der Waals surface area contributed by atoms with Crippen LogP contribution in [0.15, 0.2) is 64.6 Å². The minimum atomic E-state index is -0.846. The summed E-state index contributed by atoms with van der Waals surface area (Å²) in [6, 6.07) is 16.2. The lowest BCUT2D eigenvalue weighted by Crippen LogP contribution is -2.42. The van der Waals surface area contributed by atoms with Gasteiger partial charge in [0.15, 0.2) is 5.17 Å². The fourth-order valence-electron chi connectivity index (χ4n) is 4.29. The molecule has 1 saturated heterocycles. The molecule has 2 atom stereocenters. The van der Waals surface area contributed by atoms with Crippen LogP contribution in [-0.4, -0.2) is 64.7 Å². The SMILES string of the molecule is O=C(CSC1=Nc2ccccc2C2=N[C@H](CC(=O)NCc3ccccc3)C(=O)N12)NC[C@@H]1CCCO1. The van der Waals surface area contributed by atoms with E-state index in [-0.39, 0.29) is 36.0 Å². The largest absolute Gasteiger partial charge is 0.376 e. The van der Waals surface area contributed by atoms with Crippen LogP contribution < -0.4 is 10.6 Å². The van der Waals surface area contributed by atoms with Crippen molar-refractivity contribution >= 4 is 46.2 Å². The predicted molar refractivity (Wildman–Crippen MR) is 138 cm³/mol. The predicted octanol–water partition coefficient (Wildman–Crippen LogP) is 2.38. The molecule has 0 unspecified atom stereocenters. The van der Waals surface area contributed by atoms with Gasteiger partial charge in [-0.2, -0.15) is 0 Å². The number of nitrogens with one attached hydrogen (secondary N) is 2. The van der Waals surface area contributed by atoms with Gasteiger partial charge in [-0.3, -0.25) is 19.4 Å². The summed E-state index contributed by atoms with van der Waals surface area (Å²) in [5, 5.41) is 6.13. The van der Waals surface area contributed by atoms with Gasteiger partial charge < -0.3 is 15.4 Å². The molecular formula is C26H27N5O4S. The zero-order valence-corrected chi connectivity index (χ0v) is 20.5. The molecule has 0 radical (unpaired) electrons. The smallest absolute Gasteiger partial charge is 0.259 e. The quantitative estimate of drug-likeness (QED) is 0.572. The van der Waals surface area contributed by atoms with E-state index in [0.717, 1.165) is 30.6 Å². The first-order valence-corrected chi connectivity index (χ1v) is 13.0. The first-order chi connectivity index (χ1) is 17.6. The molecule has 3 heterocycles. The molecule has 186 valence electrons. The van der Waals surface area contributed by atoms with Gasteiger partial charge in [0.05, 0.1) is 24.0 Å². The van der Waals surface area contributed by atoms with Crippen molar-refractivity contribution in [2.75, 3.05) is 18.9 Å². The Morgan fingerprint density at radius 3 is 2.67 bits per heavy atom. The minimum absolute atomic E-state index is 0.0607. The van der Waals surface area contributed by atoms with Crippen LogP contribution in [-0.2, 0) is 25.7 Å². The number of carbonyl (C=O) groups excluding carboxylic acids is 3. The van der Waals surface area contributed by atoms with E-state index >= 15 is 0 Å². The number of amides is 3. The Bertz CT molecular complexity index is 1210. The first-order valence-electron chi connectivity index (χ1n) is 12.0. The third-order valence-corrected chi connectivity index (χ3v) is 7.08. The van der Waals surface area contributed by atoms with E-state index in [1.54, 1.807) is 0 Å². The molecule has 2 N–H and O–H groups in total. The summed E-state index contributed by atoms with van der Waals surface area (Å²) in [7, 11) is 0. The third kappa shape index (κ3) is 5.50. The molecule has 36 heavy (non-hydrogen) atoms. The van der Waals surface area contributed by atoms with E-state index in [1.807, 2.05) is 54.6 Å². The molecule has 2 aromatic carbocycles. The number of benzene rings is 2. The van der Waals surface area contributed by atoms with Crippen LogP contribution in [0, 0.1) is 0 Å². The maximum Gasteiger partial charge on any atom is 0.259 e. The number of hydrogen-bond donors (Lipinski definition) is 2. The molecule has 0 saturated carbocycles. The van der Waals surface area contributed by atoms with Gasteiger partial charge in [0.25, 0.3) is 5.91 Å². The van der Waals surface area contributed by atoms with Gasteiger partial charge in [0.1, 0.15) is 11.9 Å². The van der Waals surface area contributed by atoms with Gasteiger partial charge in [0, 0.05) is 25.3 Å². The average molecular weight is 506 g/mol. The van der Waals surface area contributed by atoms with Gasteiger partial charge in [0.2, 0.25) is 11.8 Å². The Kier molecular flexibility index (Phi) is 7.43. The second-order valence-corrected chi connectivity index (χ2v) is 9.69. The van der Waals surface area contributed by atoms with Crippen molar-refractivity contribution in [1.82, 2.24) is 15.5 Å². The third-order valence-electron chi connectivity index (χ3n) is 6.14. The standard InChI is InChI=1S/C26H27N5O4S/c32-22(27-14-17-7-2-1-3-8-17)13-21-25(34)31-24(29-21)19-10-4-5-11-20(19)30-26(31)36-16-23(33)28-15-18-9-6-12-35-18/h1-5,7-8,10-11,18,21H,6,9,12-16H2,(H,27,32)(H,28,33)/t18-,21+/m0/s1. The van der Waals surface area contributed by atoms with Gasteiger partial charge in [-0.05, 0) is 30.5 Å². The number of rotatable bonds is 8. The summed E-state index contributed by atoms with van der Waals surface area (Å²) in [5.74, 6) is -0.157. The Morgan fingerprint density at radius 2 is 1.86 bits per heavy atom. The van der Waals surface area contributed by atoms with E-state index in [9.17, 15) is 14.4 Å². The number of nitrogens with zero attached hydrogens (tertiary/aromatic N) is 3. The number of amidine groups is 2. The van der Waals surface area contributed by atoms with E-state index in [2.05, 4.69) is 20.6 Å². The van der Waals surface area contributed by atoms with Crippen LogP contribution in [0.4, 0.5) is 5.69 Å². The zero-order valence-electron chi connectivity index (χ0n) is 19.7. The number of thioether (sulfide) groups is 1. The van der Waals surface area contributed by atoms with Crippen molar-refractivity contribution in [1.29, 1.82) is 0 Å². The van der Waals surface area contributed by atoms with Gasteiger partial charge >= 0.3 is 0 Å². The molecule has 0 spiro atoms. The van der Waals surface area contributed by atoms with Crippen molar-refractivity contribution in [2.45, 2.75) is 38.0 Å². The topological polar surface area (TPSA) is 112 Å². The van der Waals surface area contributed by atoms with Crippen molar-refractivity contribution in [3.8, 4) is 0 Å². The second-order valence-electron chi connectivity index (χ2n) is 8.75. The molecule has 3 amide bonds. The monoisotopic (exact) mass is 505 g/mol. The van der Waals surface area contributed by atoms with Crippen LogP contribution in [0.1, 0.15) is 30.4 Å². The Balaban J connectivity index is 1.24. The molecule has 10 heteroatoms. The lowest BCUT2D eigenvalue weighted by Gasteiger charge is -2.25. The van der Waals surface area contributed by atoms with Crippen LogP contribution >= 0.6 is 11.8 Å². The number of hydrogen-bond acceptors (Lipinski definition) is 7. The fourth-order valence-corrected chi connectivity index (χ4v) is 5.12. The minimum Gasteiger partial charge on any atom is -0.376 e. The number of carbonyl (C=O) groups is 3. The average Bonchev–Trinajstić information content (AvgIpc) is 3.54. The van der Waals surface area contributed by atoms with Gasteiger partial charge in [-0.15, -0.1) is 0 Å². The van der Waals surface area contributed by atoms with Crippen molar-refractivity contribution in [3.63, 3.8) is 0 Å². The summed E-state index contributed by atoms with van der Waals surface area (Å²) in [4.78, 5) is 49.1. The highest BCUT2D eigenvalue weighted by molar-refractivity contribution is 8.14. The Morgan fingerprint density at radius 1 is 1.06 bits per heavy atom. The summed E-state index contributed by atoms with van der Waals surface area (Å²) in [6.07, 6.45) is 1.95. The van der Waals surface area contributed by atoms with Crippen LogP contribution in [0.25, 0.3) is 0 Å². The fraction of sp³-hybridized carbons (Fsp3) is 0.346. The molecule has 0 aliphatic carbocycles. The number of ether oxygens (including phenoxy) is 1. The Hall–Kier alpha value is -3.50. The van der Waals surface area contributed by atoms with E-state index in [4.69, 9.17) is 4.74 Å². The highest BCUT2D eigenvalue weighted by Gasteiger charge is 2.42. The van der Waals surface area contributed by atoms with Gasteiger partial charge in [-0.1, -0.05) is 54.2 Å². The maximum atomic E-state index is 13.3. The highest BCUT2D eigenvalue weighted by Crippen LogP contribution is 2.34. The number of fused-ring (bicyclic) bond motifs is 3. The summed E-state index contributed by atoms with van der Waals surface area (Å²) < 4.78 is 5.55. The molecule has 9 nitrogen and oxygen atoms in total. The molecule has 3 aliphatic heterocycles. The molecule has 2 aromatic rings. The van der Waals surface area contributed by atoms with Crippen molar-refractivity contribution in [3.05, 3.63) is 65.7 Å². The molecule has 5 rings (SSSR count). The first kappa shape index (κ1) is 24.2. The maximum absolute atomic E-state index is 13.3. The normalized spacial score (nSPS) is 20.3. The second kappa shape index (κ2) is 11.0. The number of para-hydroxylation sites is 1. The Labute approximate surface area is 213 Å². The highest BCUT2D eigenvalue weighted by atomic mass is 32.2. The van der Waals surface area contributed by atoms with Crippen LogP contribution in [0.3, 0.4) is 0 Å². The molecule has 1 fully saturated rings. The lowest BCUT2D eigenvalue weighted by atomic mass is 10.1. The summed E-state index contributed by atoms with van der Waals surface area (Å²) in [6.45, 7) is 1.59. The van der Waals surface area contributed by atoms with E-state index in [1.165, 1.54) is 16.7 Å². The number of aliphatic imine (C=N–C) groups is 2. The summed E-state index contributed by atoms with van der Waals surface area (Å²) >= 11 is 1.18. The lowest BCUT2D eigenvalue weighted by molar-refractivity contribution is -0.128. The molecule has 3 aliphatic rings. The van der Waals surface area contributed by atoms with Crippen molar-refractivity contribution < 1.29 is 19.1 Å². The van der Waals surface area contributed by atoms with Crippen molar-refractivity contribution in [2.24, 2.45) is 9.98 Å². The van der Waals surface area contributed by atoms with Gasteiger partial charge in [-0.25, -0.2) is 9.89 Å².